The molecule has 0 aliphatic carbocycles. The maximum Gasteiger partial charge on any atom is -0.0234 e. The summed E-state index contributed by atoms with van der Waals surface area (Å²) in [5.74, 6) is 1.57. The first-order valence-corrected chi connectivity index (χ1v) is 4.83. The van der Waals surface area contributed by atoms with Crippen molar-refractivity contribution in [2.45, 2.75) is 46.5 Å². The second-order valence-electron chi connectivity index (χ2n) is 3.77. The summed E-state index contributed by atoms with van der Waals surface area (Å²) in [6, 6.07) is 0. The van der Waals surface area contributed by atoms with Gasteiger partial charge in [-0.05, 0) is 24.7 Å². The number of hydrogen-bond acceptors (Lipinski definition) is 0. The summed E-state index contributed by atoms with van der Waals surface area (Å²) in [4.78, 5) is 0. The van der Waals surface area contributed by atoms with Crippen molar-refractivity contribution in [3.8, 4) is 0 Å². The molecule has 0 radical (unpaired) electrons. The first-order valence-electron chi connectivity index (χ1n) is 4.83. The zero-order valence-electron chi connectivity index (χ0n) is 8.27. The van der Waals surface area contributed by atoms with Gasteiger partial charge >= 0.3 is 0 Å². The van der Waals surface area contributed by atoms with Crippen LogP contribution in [0.1, 0.15) is 46.5 Å². The molecule has 66 valence electrons. The van der Waals surface area contributed by atoms with Crippen molar-refractivity contribution >= 4 is 0 Å². The van der Waals surface area contributed by atoms with Gasteiger partial charge in [-0.3, -0.25) is 0 Å². The number of allylic oxidation sites excluding steroid dienone is 1. The predicted octanol–water partition coefficient (Wildman–Crippen LogP) is 4.02. The molecule has 0 spiro atoms. The van der Waals surface area contributed by atoms with E-state index in [1.165, 1.54) is 25.7 Å². The quantitative estimate of drug-likeness (QED) is 0.507. The number of unbranched alkanes of at least 4 members (excludes halogenated alkanes) is 1. The van der Waals surface area contributed by atoms with Gasteiger partial charge in [0, 0.05) is 0 Å². The Morgan fingerprint density at radius 3 is 2.36 bits per heavy atom. The smallest absolute Gasteiger partial charge is 0.0234 e. The SMILES string of the molecule is C=CC(CCCC)CC(C)C. The summed E-state index contributed by atoms with van der Waals surface area (Å²) in [7, 11) is 0. The van der Waals surface area contributed by atoms with Crippen LogP contribution < -0.4 is 0 Å². The Morgan fingerprint density at radius 2 is 2.00 bits per heavy atom. The molecule has 1 unspecified atom stereocenters. The molecule has 0 saturated heterocycles. The van der Waals surface area contributed by atoms with Crippen molar-refractivity contribution in [3.63, 3.8) is 0 Å². The van der Waals surface area contributed by atoms with Gasteiger partial charge in [0.1, 0.15) is 0 Å². The minimum absolute atomic E-state index is 0.759. The molecule has 0 aliphatic heterocycles. The van der Waals surface area contributed by atoms with Crippen molar-refractivity contribution in [1.82, 2.24) is 0 Å². The van der Waals surface area contributed by atoms with Crippen molar-refractivity contribution in [2.75, 3.05) is 0 Å². The van der Waals surface area contributed by atoms with Crippen LogP contribution in [0.4, 0.5) is 0 Å². The molecule has 0 fully saturated rings. The van der Waals surface area contributed by atoms with E-state index in [9.17, 15) is 0 Å². The van der Waals surface area contributed by atoms with Crippen LogP contribution in [0.15, 0.2) is 12.7 Å². The summed E-state index contributed by atoms with van der Waals surface area (Å²) in [6.07, 6.45) is 7.42. The van der Waals surface area contributed by atoms with E-state index >= 15 is 0 Å². The molecule has 0 aliphatic rings. The fourth-order valence-corrected chi connectivity index (χ4v) is 1.40. The van der Waals surface area contributed by atoms with Gasteiger partial charge in [-0.1, -0.05) is 39.7 Å². The van der Waals surface area contributed by atoms with Gasteiger partial charge in [0.15, 0.2) is 0 Å². The first kappa shape index (κ1) is 10.7. The minimum atomic E-state index is 0.759. The standard InChI is InChI=1S/C11H22/c1-5-7-8-11(6-2)9-10(3)4/h6,10-11H,2,5,7-9H2,1,3-4H3. The molecule has 0 amide bonds. The molecule has 1 atom stereocenters. The monoisotopic (exact) mass is 154 g/mol. The predicted molar refractivity (Wildman–Crippen MR) is 52.7 cm³/mol. The van der Waals surface area contributed by atoms with Gasteiger partial charge < -0.3 is 0 Å². The third-order valence-electron chi connectivity index (χ3n) is 2.04. The molecular formula is C11H22. The van der Waals surface area contributed by atoms with Crippen molar-refractivity contribution < 1.29 is 0 Å². The average Bonchev–Trinajstić information content (AvgIpc) is 1.97. The normalized spacial score (nSPS) is 13.5. The Bertz CT molecular complexity index is 92.2. The van der Waals surface area contributed by atoms with Crippen molar-refractivity contribution in [3.05, 3.63) is 12.7 Å². The average molecular weight is 154 g/mol. The fourth-order valence-electron chi connectivity index (χ4n) is 1.40. The zero-order valence-corrected chi connectivity index (χ0v) is 8.27. The van der Waals surface area contributed by atoms with Gasteiger partial charge in [0.05, 0.1) is 0 Å². The summed E-state index contributed by atoms with van der Waals surface area (Å²) in [6.45, 7) is 10.7. The summed E-state index contributed by atoms with van der Waals surface area (Å²) in [5, 5.41) is 0. The van der Waals surface area contributed by atoms with Crippen molar-refractivity contribution in [1.29, 1.82) is 0 Å². The van der Waals surface area contributed by atoms with Crippen LogP contribution in [0.25, 0.3) is 0 Å². The van der Waals surface area contributed by atoms with Crippen LogP contribution in [0.2, 0.25) is 0 Å². The number of hydrogen-bond donors (Lipinski definition) is 0. The molecule has 0 aromatic carbocycles. The highest BCUT2D eigenvalue weighted by molar-refractivity contribution is 4.79. The van der Waals surface area contributed by atoms with E-state index in [1.54, 1.807) is 0 Å². The van der Waals surface area contributed by atoms with Crippen LogP contribution >= 0.6 is 0 Å². The zero-order chi connectivity index (χ0) is 8.69. The Labute approximate surface area is 71.7 Å². The fraction of sp³-hybridized carbons (Fsp3) is 0.818. The lowest BCUT2D eigenvalue weighted by Crippen LogP contribution is -2.00. The van der Waals surface area contributed by atoms with Crippen LogP contribution in [-0.2, 0) is 0 Å². The van der Waals surface area contributed by atoms with Crippen molar-refractivity contribution in [2.24, 2.45) is 11.8 Å². The molecule has 0 bridgehead atoms. The van der Waals surface area contributed by atoms with Crippen LogP contribution in [0.5, 0.6) is 0 Å². The number of rotatable bonds is 6. The molecule has 11 heavy (non-hydrogen) atoms. The van der Waals surface area contributed by atoms with E-state index in [2.05, 4.69) is 33.4 Å². The van der Waals surface area contributed by atoms with Gasteiger partial charge in [0.2, 0.25) is 0 Å². The summed E-state index contributed by atoms with van der Waals surface area (Å²) >= 11 is 0. The maximum absolute atomic E-state index is 3.87. The second-order valence-corrected chi connectivity index (χ2v) is 3.77. The van der Waals surface area contributed by atoms with Gasteiger partial charge in [-0.2, -0.15) is 0 Å². The molecule has 0 nitrogen and oxygen atoms in total. The highest BCUT2D eigenvalue weighted by Gasteiger charge is 2.05. The summed E-state index contributed by atoms with van der Waals surface area (Å²) < 4.78 is 0. The van der Waals surface area contributed by atoms with Gasteiger partial charge in [0.25, 0.3) is 0 Å². The summed E-state index contributed by atoms with van der Waals surface area (Å²) in [5.41, 5.74) is 0. The van der Waals surface area contributed by atoms with E-state index < -0.39 is 0 Å². The molecule has 0 rings (SSSR count). The first-order chi connectivity index (χ1) is 5.20. The lowest BCUT2D eigenvalue weighted by Gasteiger charge is -2.13. The third-order valence-corrected chi connectivity index (χ3v) is 2.04. The third kappa shape index (κ3) is 6.15. The lowest BCUT2D eigenvalue weighted by atomic mass is 9.93. The molecule has 0 aromatic heterocycles. The molecule has 0 saturated carbocycles. The van der Waals surface area contributed by atoms with E-state index in [4.69, 9.17) is 0 Å². The highest BCUT2D eigenvalue weighted by atomic mass is 14.1. The molecule has 0 N–H and O–H groups in total. The maximum atomic E-state index is 3.87. The van der Waals surface area contributed by atoms with Crippen LogP contribution in [0, 0.1) is 11.8 Å². The Kier molecular flexibility index (Phi) is 6.30. The minimum Gasteiger partial charge on any atom is -0.103 e. The van der Waals surface area contributed by atoms with E-state index in [0.717, 1.165) is 11.8 Å². The van der Waals surface area contributed by atoms with E-state index in [0.29, 0.717) is 0 Å². The lowest BCUT2D eigenvalue weighted by molar-refractivity contribution is 0.440. The molecule has 0 heterocycles. The van der Waals surface area contributed by atoms with Gasteiger partial charge in [-0.15, -0.1) is 6.58 Å². The second kappa shape index (κ2) is 6.45. The Morgan fingerprint density at radius 1 is 1.36 bits per heavy atom. The topological polar surface area (TPSA) is 0 Å². The largest absolute Gasteiger partial charge is 0.103 e. The molecule has 0 aromatic rings. The van der Waals surface area contributed by atoms with Gasteiger partial charge in [-0.25, -0.2) is 0 Å². The Balaban J connectivity index is 3.49. The van der Waals surface area contributed by atoms with Crippen LogP contribution in [-0.4, -0.2) is 0 Å². The van der Waals surface area contributed by atoms with E-state index in [1.807, 2.05) is 0 Å². The highest BCUT2D eigenvalue weighted by Crippen LogP contribution is 2.18. The molecule has 0 heteroatoms. The van der Waals surface area contributed by atoms with E-state index in [-0.39, 0.29) is 0 Å². The Hall–Kier alpha value is -0.260. The molecular weight excluding hydrogens is 132 g/mol. The van der Waals surface area contributed by atoms with Crippen LogP contribution in [0.3, 0.4) is 0 Å².